The first-order valence-corrected chi connectivity index (χ1v) is 7.62. The molecule has 0 unspecified atom stereocenters. The highest BCUT2D eigenvalue weighted by Gasteiger charge is 2.19. The van der Waals surface area contributed by atoms with E-state index >= 15 is 0 Å². The number of anilines is 1. The summed E-state index contributed by atoms with van der Waals surface area (Å²) in [4.78, 5) is 12.0. The fourth-order valence-electron chi connectivity index (χ4n) is 2.52. The molecule has 0 bridgehead atoms. The second-order valence-corrected chi connectivity index (χ2v) is 5.38. The van der Waals surface area contributed by atoms with Gasteiger partial charge in [0.05, 0.1) is 19.8 Å². The van der Waals surface area contributed by atoms with Crippen LogP contribution in [-0.4, -0.2) is 39.5 Å². The topological polar surface area (TPSA) is 43.0 Å². The van der Waals surface area contributed by atoms with Gasteiger partial charge in [0.2, 0.25) is 0 Å². The fraction of sp³-hybridized carbons (Fsp3) is 0.625. The summed E-state index contributed by atoms with van der Waals surface area (Å²) in [5.41, 5.74) is 4.98. The van der Waals surface area contributed by atoms with E-state index < -0.39 is 0 Å². The van der Waals surface area contributed by atoms with Crippen LogP contribution in [-0.2, 0) is 14.4 Å². The van der Waals surface area contributed by atoms with Crippen LogP contribution in [0.1, 0.15) is 24.8 Å². The number of nitrogens with one attached hydrogen (secondary N) is 1. The zero-order valence-electron chi connectivity index (χ0n) is 13.0. The monoisotopic (exact) mass is 294 g/mol. The molecule has 0 amide bonds. The average molecular weight is 294 g/mol. The van der Waals surface area contributed by atoms with Gasteiger partial charge in [0.25, 0.3) is 0 Å². The van der Waals surface area contributed by atoms with E-state index in [1.165, 1.54) is 18.4 Å². The van der Waals surface area contributed by atoms with E-state index in [0.717, 1.165) is 39.0 Å². The number of hydrogen-bond acceptors (Lipinski definition) is 5. The molecule has 1 aromatic rings. The minimum absolute atomic E-state index is 0.377. The van der Waals surface area contributed by atoms with Crippen molar-refractivity contribution in [2.24, 2.45) is 0 Å². The molecular weight excluding hydrogens is 268 g/mol. The minimum atomic E-state index is 0.377. The molecule has 0 aliphatic carbocycles. The molecule has 1 heterocycles. The summed E-state index contributed by atoms with van der Waals surface area (Å²) in [6.07, 6.45) is 3.42. The number of ether oxygens (including phenoxy) is 1. The van der Waals surface area contributed by atoms with Gasteiger partial charge in [-0.2, -0.15) is 0 Å². The highest BCUT2D eigenvalue weighted by Crippen LogP contribution is 2.21. The number of hydrogen-bond donors (Lipinski definition) is 1. The summed E-state index contributed by atoms with van der Waals surface area (Å²) in [5.74, 6) is 0. The lowest BCUT2D eigenvalue weighted by molar-refractivity contribution is -0.154. The van der Waals surface area contributed by atoms with Gasteiger partial charge in [0.15, 0.2) is 0 Å². The van der Waals surface area contributed by atoms with Crippen LogP contribution in [0.5, 0.6) is 0 Å². The van der Waals surface area contributed by atoms with Crippen LogP contribution in [0.4, 0.5) is 5.69 Å². The van der Waals surface area contributed by atoms with Crippen molar-refractivity contribution in [2.45, 2.75) is 32.3 Å². The largest absolute Gasteiger partial charge is 0.378 e. The molecule has 1 fully saturated rings. The highest BCUT2D eigenvalue weighted by atomic mass is 16.9. The van der Waals surface area contributed by atoms with E-state index in [9.17, 15) is 0 Å². The predicted molar refractivity (Wildman–Crippen MR) is 83.1 cm³/mol. The molecule has 1 aromatic carbocycles. The highest BCUT2D eigenvalue weighted by molar-refractivity contribution is 5.47. The Hall–Kier alpha value is -1.14. The van der Waals surface area contributed by atoms with Crippen molar-refractivity contribution >= 4 is 5.69 Å². The normalized spacial score (nSPS) is 16.4. The van der Waals surface area contributed by atoms with Gasteiger partial charge < -0.3 is 9.64 Å². The Morgan fingerprint density at radius 1 is 1.14 bits per heavy atom. The van der Waals surface area contributed by atoms with Gasteiger partial charge >= 0.3 is 0 Å². The molecule has 1 saturated heterocycles. The molecule has 0 spiro atoms. The third-order valence-electron chi connectivity index (χ3n) is 3.73. The van der Waals surface area contributed by atoms with E-state index in [0.29, 0.717) is 12.7 Å². The first kappa shape index (κ1) is 16.2. The Morgan fingerprint density at radius 3 is 2.52 bits per heavy atom. The number of benzene rings is 1. The van der Waals surface area contributed by atoms with Crippen molar-refractivity contribution in [3.8, 4) is 0 Å². The number of piperidine rings is 1. The van der Waals surface area contributed by atoms with E-state index in [1.807, 2.05) is 0 Å². The first-order valence-electron chi connectivity index (χ1n) is 7.62. The summed E-state index contributed by atoms with van der Waals surface area (Å²) in [6.45, 7) is 5.58. The summed E-state index contributed by atoms with van der Waals surface area (Å²) in [6, 6.07) is 8.76. The number of aryl methyl sites for hydroxylation is 1. The number of rotatable bonds is 8. The Kier molecular flexibility index (Phi) is 6.95. The SMILES string of the molecule is CONOCCCOC1CCN(c2ccc(C)cc2)CC1. The zero-order valence-corrected chi connectivity index (χ0v) is 13.0. The molecule has 5 heteroatoms. The molecule has 2 rings (SSSR count). The van der Waals surface area contributed by atoms with Crippen LogP contribution in [0, 0.1) is 6.92 Å². The second kappa shape index (κ2) is 9.00. The van der Waals surface area contributed by atoms with Gasteiger partial charge in [-0.1, -0.05) is 23.3 Å². The van der Waals surface area contributed by atoms with Crippen LogP contribution in [0.25, 0.3) is 0 Å². The molecule has 1 aliphatic heterocycles. The van der Waals surface area contributed by atoms with E-state index in [4.69, 9.17) is 9.57 Å². The van der Waals surface area contributed by atoms with E-state index in [-0.39, 0.29) is 0 Å². The molecule has 21 heavy (non-hydrogen) atoms. The zero-order chi connectivity index (χ0) is 14.9. The van der Waals surface area contributed by atoms with Gasteiger partial charge in [-0.3, -0.25) is 9.68 Å². The summed E-state index contributed by atoms with van der Waals surface area (Å²) < 4.78 is 5.89. The first-order chi connectivity index (χ1) is 10.3. The van der Waals surface area contributed by atoms with Gasteiger partial charge in [0.1, 0.15) is 0 Å². The maximum absolute atomic E-state index is 5.89. The molecular formula is C16H26N2O3. The van der Waals surface area contributed by atoms with Crippen LogP contribution in [0.15, 0.2) is 24.3 Å². The van der Waals surface area contributed by atoms with Crippen LogP contribution in [0.3, 0.4) is 0 Å². The maximum atomic E-state index is 5.89. The Labute approximate surface area is 127 Å². The van der Waals surface area contributed by atoms with Gasteiger partial charge in [-0.15, -0.1) is 0 Å². The predicted octanol–water partition coefficient (Wildman–Crippen LogP) is 2.45. The third kappa shape index (κ3) is 5.63. The smallest absolute Gasteiger partial charge is 0.0731 e. The van der Waals surface area contributed by atoms with Gasteiger partial charge in [0, 0.05) is 25.4 Å². The molecule has 0 atom stereocenters. The van der Waals surface area contributed by atoms with E-state index in [1.54, 1.807) is 0 Å². The Bertz CT molecular complexity index is 389. The molecule has 0 saturated carbocycles. The van der Waals surface area contributed by atoms with Crippen molar-refractivity contribution in [2.75, 3.05) is 38.3 Å². The molecule has 0 radical (unpaired) electrons. The molecule has 1 aliphatic rings. The quantitative estimate of drug-likeness (QED) is 0.589. The minimum Gasteiger partial charge on any atom is -0.378 e. The fourth-order valence-corrected chi connectivity index (χ4v) is 2.52. The van der Waals surface area contributed by atoms with Crippen LogP contribution < -0.4 is 10.5 Å². The van der Waals surface area contributed by atoms with Crippen molar-refractivity contribution in [3.63, 3.8) is 0 Å². The molecule has 118 valence electrons. The van der Waals surface area contributed by atoms with Crippen LogP contribution >= 0.6 is 0 Å². The van der Waals surface area contributed by atoms with Crippen LogP contribution in [0.2, 0.25) is 0 Å². The second-order valence-electron chi connectivity index (χ2n) is 5.38. The number of nitrogens with zero attached hydrogens (tertiary/aromatic N) is 1. The lowest BCUT2D eigenvalue weighted by Crippen LogP contribution is -2.37. The maximum Gasteiger partial charge on any atom is 0.0731 e. The van der Waals surface area contributed by atoms with Crippen molar-refractivity contribution in [3.05, 3.63) is 29.8 Å². The third-order valence-corrected chi connectivity index (χ3v) is 3.73. The van der Waals surface area contributed by atoms with Crippen molar-refractivity contribution < 1.29 is 14.4 Å². The summed E-state index contributed by atoms with van der Waals surface area (Å²) in [5, 5.41) is 0. The Balaban J connectivity index is 1.61. The lowest BCUT2D eigenvalue weighted by atomic mass is 10.1. The summed E-state index contributed by atoms with van der Waals surface area (Å²) in [7, 11) is 1.53. The van der Waals surface area contributed by atoms with Crippen molar-refractivity contribution in [1.29, 1.82) is 0 Å². The average Bonchev–Trinajstić information content (AvgIpc) is 2.52. The van der Waals surface area contributed by atoms with Gasteiger partial charge in [-0.25, -0.2) is 0 Å². The van der Waals surface area contributed by atoms with Gasteiger partial charge in [-0.05, 0) is 38.3 Å². The molecule has 0 aromatic heterocycles. The lowest BCUT2D eigenvalue weighted by Gasteiger charge is -2.33. The molecule has 1 N–H and O–H groups in total. The molecule has 5 nitrogen and oxygen atoms in total. The standard InChI is InChI=1S/C16H26N2O3/c1-14-4-6-15(7-5-14)18-10-8-16(9-11-18)20-12-3-13-21-17-19-2/h4-7,16-17H,3,8-13H2,1-2H3. The summed E-state index contributed by atoms with van der Waals surface area (Å²) >= 11 is 0. The van der Waals surface area contributed by atoms with Crippen molar-refractivity contribution in [1.82, 2.24) is 5.64 Å². The van der Waals surface area contributed by atoms with E-state index in [2.05, 4.69) is 46.6 Å². The Morgan fingerprint density at radius 2 is 1.86 bits per heavy atom.